The molecule has 0 aliphatic heterocycles. The third kappa shape index (κ3) is 5.06. The molecule has 0 saturated heterocycles. The van der Waals surface area contributed by atoms with Crippen molar-refractivity contribution in [2.75, 3.05) is 0 Å². The number of carboxylic acids is 1. The Morgan fingerprint density at radius 3 is 2.57 bits per heavy atom. The molecule has 1 aliphatic carbocycles. The molecule has 0 saturated carbocycles. The average Bonchev–Trinajstić information content (AvgIpc) is 2.48. The van der Waals surface area contributed by atoms with Crippen molar-refractivity contribution in [1.29, 1.82) is 0 Å². The molecule has 0 spiro atoms. The van der Waals surface area contributed by atoms with Crippen LogP contribution in [-0.4, -0.2) is 23.0 Å². The summed E-state index contributed by atoms with van der Waals surface area (Å²) in [5, 5.41) is 11.9. The smallest absolute Gasteiger partial charge is 0.326 e. The molecule has 4 nitrogen and oxygen atoms in total. The Labute approximate surface area is 124 Å². The third-order valence-corrected chi connectivity index (χ3v) is 3.69. The maximum atomic E-state index is 12.0. The van der Waals surface area contributed by atoms with Crippen LogP contribution in [0.3, 0.4) is 0 Å². The van der Waals surface area contributed by atoms with Crippen LogP contribution >= 0.6 is 0 Å². The molecular weight excluding hydrogens is 266 g/mol. The molecule has 2 rings (SSSR count). The number of rotatable bonds is 6. The largest absolute Gasteiger partial charge is 0.480 e. The molecule has 4 heteroatoms. The normalized spacial score (nSPS) is 15.9. The number of carbonyl (C=O) groups excluding carboxylic acids is 1. The fraction of sp³-hybridized carbons (Fsp3) is 0.412. The van der Waals surface area contributed by atoms with Crippen LogP contribution in [0.1, 0.15) is 37.7 Å². The molecule has 0 bridgehead atoms. The molecule has 1 aromatic carbocycles. The zero-order valence-corrected chi connectivity index (χ0v) is 12.0. The molecule has 2 N–H and O–H groups in total. The van der Waals surface area contributed by atoms with Gasteiger partial charge in [-0.25, -0.2) is 4.79 Å². The molecule has 0 heterocycles. The van der Waals surface area contributed by atoms with Crippen LogP contribution in [-0.2, 0) is 16.0 Å². The molecule has 0 radical (unpaired) electrons. The first-order valence-corrected chi connectivity index (χ1v) is 7.39. The third-order valence-electron chi connectivity index (χ3n) is 3.69. The molecule has 1 aliphatic rings. The van der Waals surface area contributed by atoms with Gasteiger partial charge in [-0.15, -0.1) is 0 Å². The Morgan fingerprint density at radius 1 is 1.19 bits per heavy atom. The Morgan fingerprint density at radius 2 is 1.95 bits per heavy atom. The van der Waals surface area contributed by atoms with Crippen molar-refractivity contribution in [2.45, 2.75) is 44.6 Å². The zero-order valence-electron chi connectivity index (χ0n) is 12.0. The Balaban J connectivity index is 1.91. The number of allylic oxidation sites excluding steroid dienone is 1. The second-order valence-electron chi connectivity index (χ2n) is 5.43. The first-order valence-electron chi connectivity index (χ1n) is 7.39. The van der Waals surface area contributed by atoms with Crippen molar-refractivity contribution in [1.82, 2.24) is 5.32 Å². The number of benzene rings is 1. The first kappa shape index (κ1) is 15.3. The van der Waals surface area contributed by atoms with Crippen molar-refractivity contribution < 1.29 is 14.7 Å². The molecule has 1 aromatic rings. The van der Waals surface area contributed by atoms with Crippen LogP contribution in [0, 0.1) is 0 Å². The minimum atomic E-state index is -0.996. The molecule has 0 aromatic heterocycles. The highest BCUT2D eigenvalue weighted by atomic mass is 16.4. The summed E-state index contributed by atoms with van der Waals surface area (Å²) in [5.74, 6) is -1.20. The van der Waals surface area contributed by atoms with Crippen molar-refractivity contribution in [3.63, 3.8) is 0 Å². The van der Waals surface area contributed by atoms with Crippen LogP contribution in [0.4, 0.5) is 0 Å². The Bertz CT molecular complexity index is 522. The van der Waals surface area contributed by atoms with E-state index in [2.05, 4.69) is 11.4 Å². The number of carboxylic acid groups (broad SMARTS) is 1. The highest BCUT2D eigenvalue weighted by Gasteiger charge is 2.21. The van der Waals surface area contributed by atoms with E-state index in [1.54, 1.807) is 0 Å². The molecule has 112 valence electrons. The van der Waals surface area contributed by atoms with Gasteiger partial charge in [0.05, 0.1) is 0 Å². The number of hydrogen-bond donors (Lipinski definition) is 2. The summed E-state index contributed by atoms with van der Waals surface area (Å²) >= 11 is 0. The van der Waals surface area contributed by atoms with Crippen LogP contribution in [0.25, 0.3) is 0 Å². The van der Waals surface area contributed by atoms with Crippen molar-refractivity contribution >= 4 is 11.9 Å². The number of nitrogens with one attached hydrogen (secondary N) is 1. The highest BCUT2D eigenvalue weighted by Crippen LogP contribution is 2.19. The zero-order chi connectivity index (χ0) is 15.1. The van der Waals surface area contributed by atoms with Crippen LogP contribution in [0.5, 0.6) is 0 Å². The van der Waals surface area contributed by atoms with E-state index >= 15 is 0 Å². The van der Waals surface area contributed by atoms with Gasteiger partial charge in [-0.05, 0) is 31.2 Å². The monoisotopic (exact) mass is 287 g/mol. The molecule has 1 unspecified atom stereocenters. The Hall–Kier alpha value is -2.10. The number of aliphatic carboxylic acids is 1. The second-order valence-corrected chi connectivity index (χ2v) is 5.43. The van der Waals surface area contributed by atoms with Gasteiger partial charge in [-0.3, -0.25) is 4.79 Å². The maximum Gasteiger partial charge on any atom is 0.326 e. The lowest BCUT2D eigenvalue weighted by molar-refractivity contribution is -0.141. The van der Waals surface area contributed by atoms with Gasteiger partial charge in [0.25, 0.3) is 0 Å². The summed E-state index contributed by atoms with van der Waals surface area (Å²) < 4.78 is 0. The second kappa shape index (κ2) is 7.62. The predicted octanol–water partition coefficient (Wildman–Crippen LogP) is 2.69. The summed E-state index contributed by atoms with van der Waals surface area (Å²) in [6.45, 7) is 0. The van der Waals surface area contributed by atoms with Gasteiger partial charge in [-0.2, -0.15) is 0 Å². The number of carbonyl (C=O) groups is 2. The number of amides is 1. The summed E-state index contributed by atoms with van der Waals surface area (Å²) in [4.78, 5) is 23.3. The van der Waals surface area contributed by atoms with Crippen molar-refractivity contribution in [3.05, 3.63) is 47.5 Å². The van der Waals surface area contributed by atoms with Gasteiger partial charge in [0.2, 0.25) is 5.91 Å². The van der Waals surface area contributed by atoms with E-state index in [9.17, 15) is 14.7 Å². The molecule has 0 fully saturated rings. The molecule has 1 atom stereocenters. The topological polar surface area (TPSA) is 66.4 Å². The van der Waals surface area contributed by atoms with Gasteiger partial charge in [0, 0.05) is 12.8 Å². The highest BCUT2D eigenvalue weighted by molar-refractivity contribution is 5.85. The minimum absolute atomic E-state index is 0.202. The van der Waals surface area contributed by atoms with Gasteiger partial charge >= 0.3 is 5.97 Å². The SMILES string of the molecule is O=C(CC1=CCCCC1)NC(Cc1ccccc1)C(=O)O. The van der Waals surface area contributed by atoms with Gasteiger partial charge in [-0.1, -0.05) is 42.0 Å². The van der Waals surface area contributed by atoms with E-state index in [4.69, 9.17) is 0 Å². The predicted molar refractivity (Wildman–Crippen MR) is 80.9 cm³/mol. The average molecular weight is 287 g/mol. The minimum Gasteiger partial charge on any atom is -0.480 e. The fourth-order valence-electron chi connectivity index (χ4n) is 2.57. The summed E-state index contributed by atoms with van der Waals surface area (Å²) in [6.07, 6.45) is 7.00. The molecule has 1 amide bonds. The van der Waals surface area contributed by atoms with E-state index in [-0.39, 0.29) is 5.91 Å². The van der Waals surface area contributed by atoms with Crippen molar-refractivity contribution in [2.24, 2.45) is 0 Å². The standard InChI is InChI=1S/C17H21NO3/c19-16(12-14-9-5-2-6-10-14)18-15(17(20)21)11-13-7-3-1-4-8-13/h1,3-4,7-9,15H,2,5-6,10-12H2,(H,18,19)(H,20,21). The van der Waals surface area contributed by atoms with Crippen LogP contribution in [0.2, 0.25) is 0 Å². The lowest BCUT2D eigenvalue weighted by Gasteiger charge is -2.17. The first-order chi connectivity index (χ1) is 10.1. The van der Waals surface area contributed by atoms with Crippen molar-refractivity contribution in [3.8, 4) is 0 Å². The number of hydrogen-bond acceptors (Lipinski definition) is 2. The summed E-state index contributed by atoms with van der Waals surface area (Å²) in [5.41, 5.74) is 2.03. The summed E-state index contributed by atoms with van der Waals surface area (Å²) in [6, 6.07) is 8.47. The quantitative estimate of drug-likeness (QED) is 0.791. The van der Waals surface area contributed by atoms with Crippen LogP contribution < -0.4 is 5.32 Å². The fourth-order valence-corrected chi connectivity index (χ4v) is 2.57. The summed E-state index contributed by atoms with van der Waals surface area (Å²) in [7, 11) is 0. The van der Waals surface area contributed by atoms with E-state index in [0.717, 1.165) is 30.4 Å². The maximum absolute atomic E-state index is 12.0. The molecule has 21 heavy (non-hydrogen) atoms. The van der Waals surface area contributed by atoms with Gasteiger partial charge < -0.3 is 10.4 Å². The van der Waals surface area contributed by atoms with E-state index in [0.29, 0.717) is 12.8 Å². The van der Waals surface area contributed by atoms with E-state index in [1.807, 2.05) is 30.3 Å². The van der Waals surface area contributed by atoms with E-state index < -0.39 is 12.0 Å². The van der Waals surface area contributed by atoms with Gasteiger partial charge in [0.15, 0.2) is 0 Å². The lowest BCUT2D eigenvalue weighted by Crippen LogP contribution is -2.42. The lowest BCUT2D eigenvalue weighted by atomic mass is 9.97. The molecular formula is C17H21NO3. The van der Waals surface area contributed by atoms with Gasteiger partial charge in [0.1, 0.15) is 6.04 Å². The van der Waals surface area contributed by atoms with Crippen LogP contribution in [0.15, 0.2) is 42.0 Å². The Kier molecular flexibility index (Phi) is 5.55. The van der Waals surface area contributed by atoms with E-state index in [1.165, 1.54) is 6.42 Å².